The highest BCUT2D eigenvalue weighted by Gasteiger charge is 2.17. The van der Waals surface area contributed by atoms with Crippen LogP contribution in [0.5, 0.6) is 0 Å². The Kier molecular flexibility index (Phi) is 5.72. The highest BCUT2D eigenvalue weighted by atomic mass is 32.1. The number of hydrogen-bond donors (Lipinski definition) is 0. The SMILES string of the molecule is c1ccc(-c2c3ccccc3c(-c3ccc(-c4ccc5sc6c(ccc7c8ccccc8sc76)c5c4)cc3)c3ccccc23)cc1. The number of benzene rings is 8. The fraction of sp³-hybridized carbons (Fsp3) is 0. The molecular weight excluding hydrogens is 593 g/mol. The second-order valence-electron chi connectivity index (χ2n) is 12.0. The van der Waals surface area contributed by atoms with E-state index in [2.05, 4.69) is 158 Å². The number of hydrogen-bond acceptors (Lipinski definition) is 2. The predicted molar refractivity (Wildman–Crippen MR) is 204 cm³/mol. The van der Waals surface area contributed by atoms with Crippen LogP contribution in [0.15, 0.2) is 158 Å². The molecule has 46 heavy (non-hydrogen) atoms. The van der Waals surface area contributed by atoms with Gasteiger partial charge in [0.1, 0.15) is 0 Å². The molecule has 0 saturated heterocycles. The highest BCUT2D eigenvalue weighted by molar-refractivity contribution is 7.33. The van der Waals surface area contributed by atoms with Gasteiger partial charge < -0.3 is 0 Å². The third-order valence-corrected chi connectivity index (χ3v) is 12.0. The Morgan fingerprint density at radius 3 is 1.30 bits per heavy atom. The van der Waals surface area contributed by atoms with E-state index in [4.69, 9.17) is 0 Å². The lowest BCUT2D eigenvalue weighted by molar-refractivity contribution is 1.63. The monoisotopic (exact) mass is 618 g/mol. The van der Waals surface area contributed by atoms with Crippen LogP contribution >= 0.6 is 22.7 Å². The van der Waals surface area contributed by atoms with Crippen molar-refractivity contribution in [2.45, 2.75) is 0 Å². The van der Waals surface area contributed by atoms with E-state index in [-0.39, 0.29) is 0 Å². The van der Waals surface area contributed by atoms with Crippen LogP contribution in [0.3, 0.4) is 0 Å². The van der Waals surface area contributed by atoms with Gasteiger partial charge in [-0.25, -0.2) is 0 Å². The van der Waals surface area contributed by atoms with E-state index in [0.717, 1.165) is 0 Å². The molecule has 0 spiro atoms. The van der Waals surface area contributed by atoms with E-state index < -0.39 is 0 Å². The van der Waals surface area contributed by atoms with E-state index in [9.17, 15) is 0 Å². The molecule has 2 aromatic heterocycles. The molecule has 0 aliphatic carbocycles. The Labute approximate surface area is 274 Å². The maximum Gasteiger partial charge on any atom is 0.0534 e. The minimum Gasteiger partial charge on any atom is -0.134 e. The Morgan fingerprint density at radius 2 is 0.696 bits per heavy atom. The van der Waals surface area contributed by atoms with Crippen molar-refractivity contribution in [2.75, 3.05) is 0 Å². The van der Waals surface area contributed by atoms with Gasteiger partial charge >= 0.3 is 0 Å². The van der Waals surface area contributed by atoms with Gasteiger partial charge in [-0.1, -0.05) is 140 Å². The third-order valence-electron chi connectivity index (χ3n) is 9.48. The summed E-state index contributed by atoms with van der Waals surface area (Å²) in [6.45, 7) is 0. The summed E-state index contributed by atoms with van der Waals surface area (Å²) in [5.41, 5.74) is 7.58. The first-order chi connectivity index (χ1) is 22.8. The quantitative estimate of drug-likeness (QED) is 0.173. The van der Waals surface area contributed by atoms with E-state index in [1.54, 1.807) is 0 Å². The van der Waals surface area contributed by atoms with Crippen molar-refractivity contribution in [1.82, 2.24) is 0 Å². The average molecular weight is 619 g/mol. The molecule has 10 rings (SSSR count). The molecule has 2 heterocycles. The van der Waals surface area contributed by atoms with Crippen molar-refractivity contribution in [1.29, 1.82) is 0 Å². The van der Waals surface area contributed by atoms with Crippen molar-refractivity contribution >= 4 is 84.6 Å². The van der Waals surface area contributed by atoms with Crippen LogP contribution in [0, 0.1) is 0 Å². The summed E-state index contributed by atoms with van der Waals surface area (Å²) in [7, 11) is 0. The van der Waals surface area contributed by atoms with Gasteiger partial charge in [-0.05, 0) is 73.1 Å². The van der Waals surface area contributed by atoms with Crippen LogP contribution in [-0.2, 0) is 0 Å². The standard InChI is InChI=1S/C44H26S2/c1-2-10-28(11-3-1)41-32-13-4-6-15-34(32)42(35-16-7-5-14-33(35)41)29-20-18-27(19-21-29)30-22-25-40-38(26-30)37-24-23-36-31-12-8-9-17-39(31)45-43(36)44(37)46-40/h1-26H. The smallest absolute Gasteiger partial charge is 0.0534 e. The molecule has 0 bridgehead atoms. The molecule has 0 fully saturated rings. The van der Waals surface area contributed by atoms with E-state index in [0.29, 0.717) is 0 Å². The summed E-state index contributed by atoms with van der Waals surface area (Å²) in [5, 5.41) is 10.6. The summed E-state index contributed by atoms with van der Waals surface area (Å²) in [4.78, 5) is 0. The molecule has 10 aromatic rings. The maximum atomic E-state index is 2.39. The van der Waals surface area contributed by atoms with Gasteiger partial charge in [0, 0.05) is 30.9 Å². The van der Waals surface area contributed by atoms with Crippen molar-refractivity contribution in [3.05, 3.63) is 158 Å². The minimum absolute atomic E-state index is 1.24. The number of fused-ring (bicyclic) bond motifs is 9. The number of rotatable bonds is 3. The first kappa shape index (κ1) is 26.0. The molecule has 0 saturated carbocycles. The van der Waals surface area contributed by atoms with Gasteiger partial charge in [0.25, 0.3) is 0 Å². The van der Waals surface area contributed by atoms with E-state index in [1.165, 1.54) is 95.3 Å². The van der Waals surface area contributed by atoms with Crippen molar-refractivity contribution < 1.29 is 0 Å². The summed E-state index contributed by atoms with van der Waals surface area (Å²) in [6.07, 6.45) is 0. The summed E-state index contributed by atoms with van der Waals surface area (Å²) >= 11 is 3.84. The Bertz CT molecular complexity index is 2720. The van der Waals surface area contributed by atoms with E-state index in [1.807, 2.05) is 22.7 Å². The van der Waals surface area contributed by atoms with Crippen LogP contribution in [0.1, 0.15) is 0 Å². The molecule has 0 radical (unpaired) electrons. The van der Waals surface area contributed by atoms with Crippen LogP contribution in [0.4, 0.5) is 0 Å². The summed E-state index contributed by atoms with van der Waals surface area (Å²) in [6, 6.07) is 58.2. The zero-order valence-electron chi connectivity index (χ0n) is 24.8. The van der Waals surface area contributed by atoms with Crippen molar-refractivity contribution in [3.63, 3.8) is 0 Å². The van der Waals surface area contributed by atoms with Gasteiger partial charge in [0.2, 0.25) is 0 Å². The largest absolute Gasteiger partial charge is 0.134 e. The minimum atomic E-state index is 1.24. The van der Waals surface area contributed by atoms with E-state index >= 15 is 0 Å². The zero-order chi connectivity index (χ0) is 30.2. The third kappa shape index (κ3) is 3.84. The van der Waals surface area contributed by atoms with Gasteiger partial charge in [0.15, 0.2) is 0 Å². The topological polar surface area (TPSA) is 0 Å². The molecule has 0 nitrogen and oxygen atoms in total. The molecule has 0 aliphatic heterocycles. The second-order valence-corrected chi connectivity index (χ2v) is 14.1. The fourth-order valence-corrected chi connectivity index (χ4v) is 9.90. The average Bonchev–Trinajstić information content (AvgIpc) is 3.69. The second kappa shape index (κ2) is 10.1. The fourth-order valence-electron chi connectivity index (χ4n) is 7.38. The summed E-state index contributed by atoms with van der Waals surface area (Å²) < 4.78 is 5.51. The Balaban J connectivity index is 1.12. The van der Waals surface area contributed by atoms with Crippen molar-refractivity contribution in [2.24, 2.45) is 0 Å². The molecule has 0 unspecified atom stereocenters. The molecule has 0 amide bonds. The first-order valence-electron chi connectivity index (χ1n) is 15.7. The first-order valence-corrected chi connectivity index (χ1v) is 17.3. The lowest BCUT2D eigenvalue weighted by atomic mass is 9.86. The highest BCUT2D eigenvalue weighted by Crippen LogP contribution is 2.46. The molecule has 0 aliphatic rings. The van der Waals surface area contributed by atoms with Gasteiger partial charge in [0.05, 0.1) is 9.40 Å². The molecular formula is C44H26S2. The van der Waals surface area contributed by atoms with Crippen molar-refractivity contribution in [3.8, 4) is 33.4 Å². The van der Waals surface area contributed by atoms with Crippen LogP contribution in [-0.4, -0.2) is 0 Å². The van der Waals surface area contributed by atoms with Crippen LogP contribution in [0.25, 0.3) is 95.3 Å². The van der Waals surface area contributed by atoms with Gasteiger partial charge in [-0.2, -0.15) is 0 Å². The van der Waals surface area contributed by atoms with Gasteiger partial charge in [-0.15, -0.1) is 22.7 Å². The van der Waals surface area contributed by atoms with Crippen LogP contribution in [0.2, 0.25) is 0 Å². The number of thiophene rings is 2. The normalized spacial score (nSPS) is 11.9. The molecule has 8 aromatic carbocycles. The summed E-state index contributed by atoms with van der Waals surface area (Å²) in [5.74, 6) is 0. The van der Waals surface area contributed by atoms with Gasteiger partial charge in [-0.3, -0.25) is 0 Å². The van der Waals surface area contributed by atoms with Crippen LogP contribution < -0.4 is 0 Å². The zero-order valence-corrected chi connectivity index (χ0v) is 26.5. The molecule has 214 valence electrons. The maximum absolute atomic E-state index is 2.39. The lowest BCUT2D eigenvalue weighted by Crippen LogP contribution is -1.90. The molecule has 0 atom stereocenters. The Morgan fingerprint density at radius 1 is 0.261 bits per heavy atom. The predicted octanol–water partition coefficient (Wildman–Crippen LogP) is 13.7. The molecule has 0 N–H and O–H groups in total. The molecule has 2 heteroatoms. The Hall–Kier alpha value is -5.28. The lowest BCUT2D eigenvalue weighted by Gasteiger charge is -2.18.